The summed E-state index contributed by atoms with van der Waals surface area (Å²) in [6.45, 7) is 0. The van der Waals surface area contributed by atoms with Gasteiger partial charge in [-0.05, 0) is 0 Å². The SMILES string of the molecule is NC(Cc1ccccc1)C(O)=[Se]. The van der Waals surface area contributed by atoms with Crippen molar-refractivity contribution in [2.45, 2.75) is 12.5 Å². The van der Waals surface area contributed by atoms with Crippen LogP contribution in [0.5, 0.6) is 0 Å². The van der Waals surface area contributed by atoms with Gasteiger partial charge in [-0.15, -0.1) is 0 Å². The van der Waals surface area contributed by atoms with Gasteiger partial charge in [0.05, 0.1) is 0 Å². The summed E-state index contributed by atoms with van der Waals surface area (Å²) in [7, 11) is 0. The monoisotopic (exact) mass is 229 g/mol. The molecular formula is C9H11NOSe. The number of aliphatic hydroxyl groups is 1. The van der Waals surface area contributed by atoms with Crippen LogP contribution in [-0.2, 0) is 6.42 Å². The fourth-order valence-corrected chi connectivity index (χ4v) is 1.13. The molecule has 1 aromatic carbocycles. The van der Waals surface area contributed by atoms with Crippen molar-refractivity contribution in [3.8, 4) is 0 Å². The van der Waals surface area contributed by atoms with E-state index in [9.17, 15) is 0 Å². The first kappa shape index (κ1) is 9.46. The molecular weight excluding hydrogens is 217 g/mol. The third-order valence-corrected chi connectivity index (χ3v) is 2.25. The van der Waals surface area contributed by atoms with Gasteiger partial charge in [0.2, 0.25) is 0 Å². The van der Waals surface area contributed by atoms with Gasteiger partial charge in [-0.25, -0.2) is 0 Å². The fourth-order valence-electron chi connectivity index (χ4n) is 0.955. The van der Waals surface area contributed by atoms with Crippen molar-refractivity contribution in [1.29, 1.82) is 0 Å². The first-order valence-corrected chi connectivity index (χ1v) is 4.58. The maximum atomic E-state index is 9.02. The number of hydrogen-bond acceptors (Lipinski definition) is 2. The zero-order valence-corrected chi connectivity index (χ0v) is 8.32. The maximum absolute atomic E-state index is 9.02. The molecule has 1 atom stereocenters. The van der Waals surface area contributed by atoms with Gasteiger partial charge in [0.1, 0.15) is 0 Å². The van der Waals surface area contributed by atoms with Crippen LogP contribution in [0.4, 0.5) is 0 Å². The number of nitrogens with two attached hydrogens (primary N) is 1. The molecule has 0 amide bonds. The Hall–Kier alpha value is -0.631. The van der Waals surface area contributed by atoms with Crippen molar-refractivity contribution in [2.75, 3.05) is 0 Å². The molecule has 0 bridgehead atoms. The van der Waals surface area contributed by atoms with Crippen molar-refractivity contribution < 1.29 is 5.11 Å². The Kier molecular flexibility index (Phi) is 3.47. The molecule has 0 fully saturated rings. The summed E-state index contributed by atoms with van der Waals surface area (Å²) in [4.78, 5) is 0. The zero-order chi connectivity index (χ0) is 8.97. The molecule has 12 heavy (non-hydrogen) atoms. The summed E-state index contributed by atoms with van der Waals surface area (Å²) in [5.74, 6) is 0. The Morgan fingerprint density at radius 3 is 2.50 bits per heavy atom. The van der Waals surface area contributed by atoms with Gasteiger partial charge in [-0.2, -0.15) is 0 Å². The van der Waals surface area contributed by atoms with Crippen LogP contribution >= 0.6 is 0 Å². The van der Waals surface area contributed by atoms with Crippen LogP contribution in [0.1, 0.15) is 5.56 Å². The molecule has 3 heteroatoms. The molecule has 0 aliphatic heterocycles. The Labute approximate surface area is 79.8 Å². The van der Waals surface area contributed by atoms with Gasteiger partial charge in [0.15, 0.2) is 0 Å². The van der Waals surface area contributed by atoms with E-state index in [4.69, 9.17) is 10.8 Å². The van der Waals surface area contributed by atoms with Gasteiger partial charge in [-0.1, -0.05) is 0 Å². The predicted octanol–water partition coefficient (Wildman–Crippen LogP) is 0.227. The van der Waals surface area contributed by atoms with Gasteiger partial charge in [-0.3, -0.25) is 0 Å². The Bertz CT molecular complexity index is 260. The van der Waals surface area contributed by atoms with E-state index in [-0.39, 0.29) is 10.6 Å². The molecule has 0 heterocycles. The van der Waals surface area contributed by atoms with Crippen molar-refractivity contribution in [1.82, 2.24) is 0 Å². The van der Waals surface area contributed by atoms with E-state index in [0.717, 1.165) is 5.56 Å². The molecule has 0 aromatic heterocycles. The molecule has 0 saturated heterocycles. The summed E-state index contributed by atoms with van der Waals surface area (Å²) < 4.78 is 0.166. The van der Waals surface area contributed by atoms with Crippen LogP contribution in [0, 0.1) is 0 Å². The second-order valence-electron chi connectivity index (χ2n) is 2.63. The van der Waals surface area contributed by atoms with Gasteiger partial charge in [0, 0.05) is 0 Å². The molecule has 0 spiro atoms. The summed E-state index contributed by atoms with van der Waals surface area (Å²) in [6, 6.07) is 9.55. The molecule has 0 saturated carbocycles. The van der Waals surface area contributed by atoms with E-state index in [0.29, 0.717) is 6.42 Å². The second-order valence-corrected chi connectivity index (χ2v) is 3.51. The molecule has 0 radical (unpaired) electrons. The Morgan fingerprint density at radius 2 is 2.00 bits per heavy atom. The summed E-state index contributed by atoms with van der Waals surface area (Å²) in [5, 5.41) is 9.02. The van der Waals surface area contributed by atoms with Gasteiger partial charge < -0.3 is 0 Å². The molecule has 2 nitrogen and oxygen atoms in total. The molecule has 1 rings (SSSR count). The fraction of sp³-hybridized carbons (Fsp3) is 0.222. The van der Waals surface area contributed by atoms with Crippen LogP contribution in [-0.4, -0.2) is 31.3 Å². The van der Waals surface area contributed by atoms with E-state index in [1.165, 1.54) is 0 Å². The molecule has 64 valence electrons. The molecule has 1 unspecified atom stereocenters. The molecule has 0 aliphatic carbocycles. The Morgan fingerprint density at radius 1 is 1.42 bits per heavy atom. The van der Waals surface area contributed by atoms with Crippen LogP contribution in [0.25, 0.3) is 0 Å². The first-order valence-electron chi connectivity index (χ1n) is 3.72. The summed E-state index contributed by atoms with van der Waals surface area (Å²) >= 11 is 2.51. The average molecular weight is 228 g/mol. The number of rotatable bonds is 3. The van der Waals surface area contributed by atoms with E-state index >= 15 is 0 Å². The van der Waals surface area contributed by atoms with Crippen LogP contribution in [0.3, 0.4) is 0 Å². The van der Waals surface area contributed by atoms with Gasteiger partial charge in [0.25, 0.3) is 0 Å². The number of hydrogen-bond donors (Lipinski definition) is 2. The number of aliphatic hydroxyl groups excluding tert-OH is 1. The first-order chi connectivity index (χ1) is 5.70. The van der Waals surface area contributed by atoms with Crippen LogP contribution in [0.2, 0.25) is 0 Å². The topological polar surface area (TPSA) is 46.2 Å². The van der Waals surface area contributed by atoms with E-state index < -0.39 is 0 Å². The third kappa shape index (κ3) is 2.78. The van der Waals surface area contributed by atoms with Crippen molar-refractivity contribution in [3.05, 3.63) is 35.9 Å². The van der Waals surface area contributed by atoms with E-state index in [2.05, 4.69) is 15.6 Å². The van der Waals surface area contributed by atoms with Crippen molar-refractivity contribution in [2.24, 2.45) is 5.73 Å². The average Bonchev–Trinajstić information content (AvgIpc) is 2.06. The minimum absolute atomic E-state index is 0.166. The Balaban J connectivity index is 2.58. The summed E-state index contributed by atoms with van der Waals surface area (Å²) in [5.41, 5.74) is 6.76. The second kappa shape index (κ2) is 4.41. The number of benzene rings is 1. The minimum atomic E-state index is -0.299. The zero-order valence-electron chi connectivity index (χ0n) is 6.60. The third-order valence-electron chi connectivity index (χ3n) is 1.62. The summed E-state index contributed by atoms with van der Waals surface area (Å²) in [6.07, 6.45) is 0.666. The van der Waals surface area contributed by atoms with Gasteiger partial charge >= 0.3 is 79.4 Å². The van der Waals surface area contributed by atoms with Crippen molar-refractivity contribution >= 4 is 20.2 Å². The molecule has 1 aromatic rings. The van der Waals surface area contributed by atoms with Crippen molar-refractivity contribution in [3.63, 3.8) is 0 Å². The molecule has 0 aliphatic rings. The predicted molar refractivity (Wildman–Crippen MR) is 50.8 cm³/mol. The molecule has 3 N–H and O–H groups in total. The van der Waals surface area contributed by atoms with Crippen LogP contribution in [0.15, 0.2) is 30.3 Å². The standard InChI is InChI=1S/C9H11NOSe/c10-8(9(11)12)6-7-4-2-1-3-5-7/h1-5,8H,6,10H2,(H,11,12). The van der Waals surface area contributed by atoms with E-state index in [1.807, 2.05) is 30.3 Å². The quantitative estimate of drug-likeness (QED) is 0.727. The van der Waals surface area contributed by atoms with Crippen LogP contribution < -0.4 is 5.73 Å². The van der Waals surface area contributed by atoms with E-state index in [1.54, 1.807) is 0 Å². The normalized spacial score (nSPS) is 12.4.